The molecule has 1 aromatic carbocycles. The number of likely N-dealkylation sites (N-methyl/N-ethyl adjacent to an activating group) is 1. The standard InChI is InChI=1S/C14H17N3O3/c1-16-12(10-5-4-6-11(9-10)17(19)20)15-14(13(16)18)7-2-3-8-14/h4-6,9,12,15H,2-3,7-8H2,1H3. The maximum Gasteiger partial charge on any atom is 0.269 e. The fraction of sp³-hybridized carbons (Fsp3) is 0.500. The van der Waals surface area contributed by atoms with Crippen molar-refractivity contribution in [1.82, 2.24) is 10.2 Å². The molecule has 1 atom stereocenters. The number of non-ortho nitro benzene ring substituents is 1. The first-order chi connectivity index (χ1) is 9.53. The molecule has 6 heteroatoms. The van der Waals surface area contributed by atoms with Gasteiger partial charge in [-0.05, 0) is 18.4 Å². The van der Waals surface area contributed by atoms with Gasteiger partial charge in [0, 0.05) is 19.2 Å². The van der Waals surface area contributed by atoms with Crippen molar-refractivity contribution in [3.63, 3.8) is 0 Å². The van der Waals surface area contributed by atoms with Crippen LogP contribution >= 0.6 is 0 Å². The third kappa shape index (κ3) is 1.87. The molecule has 3 rings (SSSR count). The Kier molecular flexibility index (Phi) is 2.97. The van der Waals surface area contributed by atoms with Gasteiger partial charge in [0.25, 0.3) is 5.69 Å². The van der Waals surface area contributed by atoms with Crippen molar-refractivity contribution in [2.45, 2.75) is 37.4 Å². The van der Waals surface area contributed by atoms with Gasteiger partial charge in [0.05, 0.1) is 10.5 Å². The topological polar surface area (TPSA) is 75.5 Å². The van der Waals surface area contributed by atoms with E-state index in [1.165, 1.54) is 12.1 Å². The van der Waals surface area contributed by atoms with E-state index in [0.29, 0.717) is 0 Å². The van der Waals surface area contributed by atoms with Gasteiger partial charge < -0.3 is 4.90 Å². The van der Waals surface area contributed by atoms with Crippen LogP contribution in [0.25, 0.3) is 0 Å². The Hall–Kier alpha value is -1.95. The maximum absolute atomic E-state index is 12.5. The fourth-order valence-corrected chi connectivity index (χ4v) is 3.33. The number of benzene rings is 1. The Labute approximate surface area is 116 Å². The first kappa shape index (κ1) is 13.1. The molecule has 1 aromatic rings. The fourth-order valence-electron chi connectivity index (χ4n) is 3.33. The second-order valence-electron chi connectivity index (χ2n) is 5.60. The number of nitro groups is 1. The summed E-state index contributed by atoms with van der Waals surface area (Å²) in [4.78, 5) is 24.6. The molecule has 1 unspecified atom stereocenters. The van der Waals surface area contributed by atoms with Crippen LogP contribution in [0.15, 0.2) is 24.3 Å². The van der Waals surface area contributed by atoms with Gasteiger partial charge in [-0.25, -0.2) is 0 Å². The van der Waals surface area contributed by atoms with E-state index in [1.807, 2.05) is 6.07 Å². The number of hydrogen-bond acceptors (Lipinski definition) is 4. The van der Waals surface area contributed by atoms with Crippen LogP contribution in [0.1, 0.15) is 37.4 Å². The third-order valence-electron chi connectivity index (χ3n) is 4.38. The molecule has 1 aliphatic carbocycles. The quantitative estimate of drug-likeness (QED) is 0.661. The summed E-state index contributed by atoms with van der Waals surface area (Å²) >= 11 is 0. The first-order valence-corrected chi connectivity index (χ1v) is 6.83. The summed E-state index contributed by atoms with van der Waals surface area (Å²) in [6.07, 6.45) is 3.52. The summed E-state index contributed by atoms with van der Waals surface area (Å²) in [5.74, 6) is 0.103. The Morgan fingerprint density at radius 1 is 1.40 bits per heavy atom. The Balaban J connectivity index is 1.93. The predicted octanol–water partition coefficient (Wildman–Crippen LogP) is 1.97. The van der Waals surface area contributed by atoms with Crippen LogP contribution in [0.4, 0.5) is 5.69 Å². The summed E-state index contributed by atoms with van der Waals surface area (Å²) < 4.78 is 0. The highest BCUT2D eigenvalue weighted by Gasteiger charge is 2.51. The molecule has 6 nitrogen and oxygen atoms in total. The molecule has 0 radical (unpaired) electrons. The zero-order valence-electron chi connectivity index (χ0n) is 11.3. The van der Waals surface area contributed by atoms with Gasteiger partial charge in [0.15, 0.2) is 0 Å². The summed E-state index contributed by atoms with van der Waals surface area (Å²) in [5.41, 5.74) is 0.362. The van der Waals surface area contributed by atoms with Crippen molar-refractivity contribution in [2.75, 3.05) is 7.05 Å². The van der Waals surface area contributed by atoms with Crippen molar-refractivity contribution in [3.05, 3.63) is 39.9 Å². The smallest absolute Gasteiger partial charge is 0.269 e. The van der Waals surface area contributed by atoms with Gasteiger partial charge in [0.1, 0.15) is 6.17 Å². The normalized spacial score (nSPS) is 24.6. The molecule has 1 saturated carbocycles. The predicted molar refractivity (Wildman–Crippen MR) is 72.9 cm³/mol. The van der Waals surface area contributed by atoms with Gasteiger partial charge in [-0.15, -0.1) is 0 Å². The summed E-state index contributed by atoms with van der Waals surface area (Å²) in [6.45, 7) is 0. The molecular weight excluding hydrogens is 258 g/mol. The van der Waals surface area contributed by atoms with Gasteiger partial charge in [-0.1, -0.05) is 25.0 Å². The van der Waals surface area contributed by atoms with Crippen molar-refractivity contribution < 1.29 is 9.72 Å². The zero-order valence-corrected chi connectivity index (χ0v) is 11.3. The zero-order chi connectivity index (χ0) is 14.3. The molecule has 2 aliphatic rings. The van der Waals surface area contributed by atoms with E-state index in [-0.39, 0.29) is 17.8 Å². The van der Waals surface area contributed by atoms with Crippen LogP contribution in [0.2, 0.25) is 0 Å². The lowest BCUT2D eigenvalue weighted by atomic mass is 9.98. The molecule has 106 valence electrons. The average Bonchev–Trinajstić information content (AvgIpc) is 3.01. The molecule has 1 N–H and O–H groups in total. The summed E-state index contributed by atoms with van der Waals surface area (Å²) in [5, 5.41) is 14.3. The average molecular weight is 275 g/mol. The minimum Gasteiger partial charge on any atom is -0.324 e. The van der Waals surface area contributed by atoms with E-state index in [2.05, 4.69) is 5.32 Å². The molecule has 1 saturated heterocycles. The second kappa shape index (κ2) is 4.56. The Morgan fingerprint density at radius 2 is 2.10 bits per heavy atom. The molecule has 1 heterocycles. The largest absolute Gasteiger partial charge is 0.324 e. The minimum absolute atomic E-state index is 0.0533. The molecule has 1 spiro atoms. The first-order valence-electron chi connectivity index (χ1n) is 6.83. The Morgan fingerprint density at radius 3 is 2.75 bits per heavy atom. The van der Waals surface area contributed by atoms with Crippen LogP contribution in [0.5, 0.6) is 0 Å². The number of carbonyl (C=O) groups excluding carboxylic acids is 1. The van der Waals surface area contributed by atoms with E-state index in [9.17, 15) is 14.9 Å². The van der Waals surface area contributed by atoms with Crippen LogP contribution in [-0.4, -0.2) is 28.3 Å². The highest BCUT2D eigenvalue weighted by molar-refractivity contribution is 5.89. The lowest BCUT2D eigenvalue weighted by molar-refractivity contribution is -0.385. The number of nitro benzene ring substituents is 1. The molecule has 20 heavy (non-hydrogen) atoms. The van der Waals surface area contributed by atoms with Crippen LogP contribution in [-0.2, 0) is 4.79 Å². The highest BCUT2D eigenvalue weighted by atomic mass is 16.6. The van der Waals surface area contributed by atoms with Gasteiger partial charge in [0.2, 0.25) is 5.91 Å². The van der Waals surface area contributed by atoms with Crippen molar-refractivity contribution in [3.8, 4) is 0 Å². The van der Waals surface area contributed by atoms with Gasteiger partial charge >= 0.3 is 0 Å². The van der Waals surface area contributed by atoms with E-state index in [1.54, 1.807) is 18.0 Å². The number of nitrogens with one attached hydrogen (secondary N) is 1. The minimum atomic E-state index is -0.454. The monoisotopic (exact) mass is 275 g/mol. The van der Waals surface area contributed by atoms with E-state index in [0.717, 1.165) is 31.2 Å². The Bertz CT molecular complexity index is 567. The van der Waals surface area contributed by atoms with Crippen molar-refractivity contribution in [1.29, 1.82) is 0 Å². The van der Waals surface area contributed by atoms with Crippen LogP contribution in [0, 0.1) is 10.1 Å². The highest BCUT2D eigenvalue weighted by Crippen LogP contribution is 2.40. The second-order valence-corrected chi connectivity index (χ2v) is 5.60. The molecule has 2 fully saturated rings. The third-order valence-corrected chi connectivity index (χ3v) is 4.38. The van der Waals surface area contributed by atoms with Crippen LogP contribution < -0.4 is 5.32 Å². The lowest BCUT2D eigenvalue weighted by Gasteiger charge is -2.20. The molecule has 1 aliphatic heterocycles. The number of hydrogen-bond donors (Lipinski definition) is 1. The van der Waals surface area contributed by atoms with Gasteiger partial charge in [-0.2, -0.15) is 0 Å². The number of carbonyl (C=O) groups is 1. The van der Waals surface area contributed by atoms with Crippen molar-refractivity contribution in [2.24, 2.45) is 0 Å². The lowest BCUT2D eigenvalue weighted by Crippen LogP contribution is -2.43. The number of amides is 1. The van der Waals surface area contributed by atoms with Crippen LogP contribution in [0.3, 0.4) is 0 Å². The maximum atomic E-state index is 12.5. The van der Waals surface area contributed by atoms with Gasteiger partial charge in [-0.3, -0.25) is 20.2 Å². The number of rotatable bonds is 2. The molecular formula is C14H17N3O3. The van der Waals surface area contributed by atoms with E-state index in [4.69, 9.17) is 0 Å². The van der Waals surface area contributed by atoms with Crippen molar-refractivity contribution >= 4 is 11.6 Å². The molecule has 0 aromatic heterocycles. The summed E-state index contributed by atoms with van der Waals surface area (Å²) in [7, 11) is 1.76. The SMILES string of the molecule is CN1C(=O)C2(CCCC2)NC1c1cccc([N+](=O)[O-])c1. The molecule has 0 bridgehead atoms. The van der Waals surface area contributed by atoms with E-state index < -0.39 is 10.5 Å². The number of nitrogens with zero attached hydrogens (tertiary/aromatic N) is 2. The van der Waals surface area contributed by atoms with E-state index >= 15 is 0 Å². The molecule has 1 amide bonds. The summed E-state index contributed by atoms with van der Waals surface area (Å²) in [6, 6.07) is 6.48.